The molecule has 7 nitrogen and oxygen atoms in total. The van der Waals surface area contributed by atoms with Crippen molar-refractivity contribution in [3.8, 4) is 11.4 Å². The number of carbonyl (C=O) groups excluding carboxylic acids is 1. The third kappa shape index (κ3) is 4.15. The van der Waals surface area contributed by atoms with E-state index in [9.17, 15) is 22.4 Å². The lowest BCUT2D eigenvalue weighted by Gasteiger charge is -2.21. The Morgan fingerprint density at radius 3 is 2.42 bits per heavy atom. The first-order valence-corrected chi connectivity index (χ1v) is 13.0. The molecule has 2 heterocycles. The van der Waals surface area contributed by atoms with Crippen LogP contribution >= 0.6 is 0 Å². The molecule has 0 saturated heterocycles. The monoisotopic (exact) mass is 506 g/mol. The molecule has 0 radical (unpaired) electrons. The Balaban J connectivity index is 1.67. The molecule has 0 fully saturated rings. The average molecular weight is 507 g/mol. The maximum atomic E-state index is 13.5. The summed E-state index contributed by atoms with van der Waals surface area (Å²) in [5.74, 6) is -0.887. The molecule has 0 atom stereocenters. The molecule has 0 bridgehead atoms. The summed E-state index contributed by atoms with van der Waals surface area (Å²) in [7, 11) is -4.02. The third-order valence-electron chi connectivity index (χ3n) is 6.25. The van der Waals surface area contributed by atoms with E-state index in [1.54, 1.807) is 47.9 Å². The van der Waals surface area contributed by atoms with Crippen LogP contribution in [0.4, 0.5) is 4.39 Å². The highest BCUT2D eigenvalue weighted by molar-refractivity contribution is 7.91. The summed E-state index contributed by atoms with van der Waals surface area (Å²) in [6.07, 6.45) is 1.03. The molecule has 0 unspecified atom stereocenters. The number of esters is 1. The molecule has 36 heavy (non-hydrogen) atoms. The molecule has 9 heteroatoms. The maximum absolute atomic E-state index is 13.5. The van der Waals surface area contributed by atoms with Crippen molar-refractivity contribution in [1.29, 1.82) is 0 Å². The van der Waals surface area contributed by atoms with E-state index in [4.69, 9.17) is 4.74 Å². The van der Waals surface area contributed by atoms with Crippen LogP contribution in [0.25, 0.3) is 11.4 Å². The molecule has 4 aromatic rings. The first-order chi connectivity index (χ1) is 17.3. The Labute approximate surface area is 207 Å². The van der Waals surface area contributed by atoms with Crippen molar-refractivity contribution in [2.75, 3.05) is 6.61 Å². The normalized spacial score (nSPS) is 12.6. The molecule has 184 valence electrons. The van der Waals surface area contributed by atoms with Gasteiger partial charge in [0.15, 0.2) is 0 Å². The second-order valence-electron chi connectivity index (χ2n) is 8.52. The molecule has 0 amide bonds. The van der Waals surface area contributed by atoms with E-state index in [-0.39, 0.29) is 28.8 Å². The van der Waals surface area contributed by atoms with Crippen LogP contribution in [0.15, 0.2) is 81.3 Å². The maximum Gasteiger partial charge on any atom is 0.354 e. The number of aryl methyl sites for hydroxylation is 2. The van der Waals surface area contributed by atoms with Crippen molar-refractivity contribution in [2.24, 2.45) is 0 Å². The highest BCUT2D eigenvalue weighted by Gasteiger charge is 2.30. The standard InChI is InChI=1S/C27H23FN2O5S/c1-2-35-27(32)22-14-19-11-10-18-15-23(36(33,34)21-6-4-3-5-7-21)26(31)29-24(18)25(19)30(22)16-17-8-12-20(28)13-9-17/h3-9,12-15H,2,10-11,16H2,1H3,(H,29,31). The van der Waals surface area contributed by atoms with Crippen molar-refractivity contribution in [1.82, 2.24) is 9.55 Å². The number of hydrogen-bond donors (Lipinski definition) is 1. The second-order valence-corrected chi connectivity index (χ2v) is 10.4. The summed E-state index contributed by atoms with van der Waals surface area (Å²) in [6.45, 7) is 2.14. The van der Waals surface area contributed by atoms with Gasteiger partial charge in [-0.1, -0.05) is 30.3 Å². The fourth-order valence-corrected chi connectivity index (χ4v) is 5.92. The van der Waals surface area contributed by atoms with Crippen molar-refractivity contribution in [2.45, 2.75) is 36.1 Å². The molecule has 0 saturated carbocycles. The van der Waals surface area contributed by atoms with E-state index in [0.717, 1.165) is 11.1 Å². The lowest BCUT2D eigenvalue weighted by atomic mass is 9.94. The van der Waals surface area contributed by atoms with Crippen LogP contribution in [-0.4, -0.2) is 30.5 Å². The van der Waals surface area contributed by atoms with Gasteiger partial charge < -0.3 is 14.3 Å². The largest absolute Gasteiger partial charge is 0.461 e. The molecule has 1 N–H and O–H groups in total. The number of benzene rings is 2. The van der Waals surface area contributed by atoms with E-state index < -0.39 is 21.4 Å². The summed E-state index contributed by atoms with van der Waals surface area (Å²) in [6, 6.07) is 16.9. The zero-order valence-corrected chi connectivity index (χ0v) is 20.3. The van der Waals surface area contributed by atoms with Gasteiger partial charge >= 0.3 is 5.97 Å². The van der Waals surface area contributed by atoms with E-state index in [2.05, 4.69) is 4.98 Å². The van der Waals surface area contributed by atoms with Crippen LogP contribution in [0.3, 0.4) is 0 Å². The van der Waals surface area contributed by atoms with Gasteiger partial charge in [-0.25, -0.2) is 17.6 Å². The van der Waals surface area contributed by atoms with E-state index in [1.165, 1.54) is 30.3 Å². The number of pyridine rings is 1. The number of rotatable bonds is 6. The summed E-state index contributed by atoms with van der Waals surface area (Å²) in [4.78, 5) is 28.4. The summed E-state index contributed by atoms with van der Waals surface area (Å²) >= 11 is 0. The number of carbonyl (C=O) groups is 1. The summed E-state index contributed by atoms with van der Waals surface area (Å²) in [5, 5.41) is 0. The smallest absolute Gasteiger partial charge is 0.354 e. The topological polar surface area (TPSA) is 98.2 Å². The minimum Gasteiger partial charge on any atom is -0.461 e. The van der Waals surface area contributed by atoms with E-state index in [1.807, 2.05) is 0 Å². The quantitative estimate of drug-likeness (QED) is 0.397. The van der Waals surface area contributed by atoms with E-state index >= 15 is 0 Å². The highest BCUT2D eigenvalue weighted by atomic mass is 32.2. The number of sulfone groups is 1. The molecule has 1 aliphatic carbocycles. The van der Waals surface area contributed by atoms with Gasteiger partial charge in [0.25, 0.3) is 5.56 Å². The molecular formula is C27H23FN2O5S. The molecule has 2 aromatic heterocycles. The number of hydrogen-bond acceptors (Lipinski definition) is 5. The third-order valence-corrected chi connectivity index (χ3v) is 8.02. The number of halogens is 1. The van der Waals surface area contributed by atoms with Gasteiger partial charge in [0.05, 0.1) is 22.9 Å². The van der Waals surface area contributed by atoms with Crippen LogP contribution in [0.1, 0.15) is 34.1 Å². The zero-order valence-electron chi connectivity index (χ0n) is 19.5. The van der Waals surface area contributed by atoms with Crippen LogP contribution in [0.2, 0.25) is 0 Å². The second kappa shape index (κ2) is 9.23. The Kier molecular flexibility index (Phi) is 6.09. The van der Waals surface area contributed by atoms with Gasteiger partial charge in [0.1, 0.15) is 16.4 Å². The van der Waals surface area contributed by atoms with Crippen LogP contribution in [-0.2, 0) is 34.0 Å². The molecule has 2 aromatic carbocycles. The predicted molar refractivity (Wildman–Crippen MR) is 131 cm³/mol. The molecule has 0 aliphatic heterocycles. The predicted octanol–water partition coefficient (Wildman–Crippen LogP) is 4.14. The number of ether oxygens (including phenoxy) is 1. The van der Waals surface area contributed by atoms with Crippen molar-refractivity contribution in [3.63, 3.8) is 0 Å². The number of aromatic amines is 1. The first kappa shape index (κ1) is 23.7. The fraction of sp³-hybridized carbons (Fsp3) is 0.185. The molecule has 1 aliphatic rings. The average Bonchev–Trinajstić information content (AvgIpc) is 3.24. The van der Waals surface area contributed by atoms with Crippen LogP contribution in [0.5, 0.6) is 0 Å². The molecule has 5 rings (SSSR count). The number of aromatic nitrogens is 2. The lowest BCUT2D eigenvalue weighted by Crippen LogP contribution is -2.22. The number of nitrogens with zero attached hydrogens (tertiary/aromatic N) is 1. The summed E-state index contributed by atoms with van der Waals surface area (Å²) < 4.78 is 46.8. The first-order valence-electron chi connectivity index (χ1n) is 11.5. The minimum absolute atomic E-state index is 0.0382. The van der Waals surface area contributed by atoms with Crippen molar-refractivity contribution < 1.29 is 22.3 Å². The minimum atomic E-state index is -4.02. The van der Waals surface area contributed by atoms with Gasteiger partial charge in [-0.15, -0.1) is 0 Å². The molecule has 0 spiro atoms. The van der Waals surface area contributed by atoms with Gasteiger partial charge in [-0.2, -0.15) is 0 Å². The number of nitrogens with one attached hydrogen (secondary N) is 1. The van der Waals surface area contributed by atoms with Crippen molar-refractivity contribution in [3.05, 3.63) is 105 Å². The van der Waals surface area contributed by atoms with Gasteiger partial charge in [-0.05, 0) is 72.9 Å². The Bertz CT molecular complexity index is 1620. The van der Waals surface area contributed by atoms with Crippen molar-refractivity contribution >= 4 is 15.8 Å². The van der Waals surface area contributed by atoms with E-state index in [0.29, 0.717) is 35.5 Å². The fourth-order valence-electron chi connectivity index (χ4n) is 4.56. The Morgan fingerprint density at radius 2 is 1.72 bits per heavy atom. The lowest BCUT2D eigenvalue weighted by molar-refractivity contribution is 0.0514. The van der Waals surface area contributed by atoms with Gasteiger partial charge in [0, 0.05) is 6.54 Å². The summed E-state index contributed by atoms with van der Waals surface area (Å²) in [5.41, 5.74) is 2.89. The Hall–Kier alpha value is -3.98. The molecular weight excluding hydrogens is 483 g/mol. The number of H-pyrrole nitrogens is 1. The van der Waals surface area contributed by atoms with Crippen LogP contribution < -0.4 is 5.56 Å². The number of fused-ring (bicyclic) bond motifs is 3. The SMILES string of the molecule is CCOC(=O)c1cc2c(n1Cc1ccc(F)cc1)-c1[nH]c(=O)c(S(=O)(=O)c3ccccc3)cc1CC2. The van der Waals surface area contributed by atoms with Gasteiger partial charge in [0.2, 0.25) is 9.84 Å². The highest BCUT2D eigenvalue weighted by Crippen LogP contribution is 2.36. The Morgan fingerprint density at radius 1 is 1.03 bits per heavy atom. The van der Waals surface area contributed by atoms with Crippen LogP contribution in [0, 0.1) is 5.82 Å². The zero-order chi connectivity index (χ0) is 25.4. The van der Waals surface area contributed by atoms with Gasteiger partial charge in [-0.3, -0.25) is 4.79 Å².